The zero-order valence-electron chi connectivity index (χ0n) is 19.4. The number of aromatic hydroxyl groups is 1. The molecule has 31 heavy (non-hydrogen) atoms. The molecule has 5 nitrogen and oxygen atoms in total. The van der Waals surface area contributed by atoms with E-state index in [1.54, 1.807) is 6.08 Å². The van der Waals surface area contributed by atoms with Crippen molar-refractivity contribution in [1.82, 2.24) is 10.3 Å². The second kappa shape index (κ2) is 9.38. The van der Waals surface area contributed by atoms with E-state index in [-0.39, 0.29) is 17.6 Å². The summed E-state index contributed by atoms with van der Waals surface area (Å²) in [7, 11) is 1.81. The zero-order valence-corrected chi connectivity index (χ0v) is 19.4. The Morgan fingerprint density at radius 3 is 2.65 bits per heavy atom. The van der Waals surface area contributed by atoms with Crippen LogP contribution in [0.15, 0.2) is 35.0 Å². The van der Waals surface area contributed by atoms with Gasteiger partial charge in [0.15, 0.2) is 5.88 Å². The van der Waals surface area contributed by atoms with Crippen LogP contribution in [0.1, 0.15) is 62.3 Å². The maximum absolute atomic E-state index is 10.7. The second-order valence-electron chi connectivity index (χ2n) is 8.31. The maximum atomic E-state index is 10.7. The van der Waals surface area contributed by atoms with Crippen molar-refractivity contribution in [1.29, 1.82) is 5.41 Å². The molecule has 1 aliphatic rings. The van der Waals surface area contributed by atoms with Crippen LogP contribution >= 0.6 is 0 Å². The van der Waals surface area contributed by atoms with Crippen LogP contribution in [0.2, 0.25) is 0 Å². The maximum Gasteiger partial charge on any atom is 0.198 e. The first-order valence-corrected chi connectivity index (χ1v) is 11.0. The van der Waals surface area contributed by atoms with Gasteiger partial charge in [0.1, 0.15) is 5.84 Å². The first-order chi connectivity index (χ1) is 14.8. The van der Waals surface area contributed by atoms with Gasteiger partial charge in [-0.05, 0) is 56.2 Å². The summed E-state index contributed by atoms with van der Waals surface area (Å²) >= 11 is 0. The van der Waals surface area contributed by atoms with Gasteiger partial charge in [0.2, 0.25) is 0 Å². The number of benzene rings is 1. The molecule has 2 unspecified atom stereocenters. The second-order valence-corrected chi connectivity index (χ2v) is 8.31. The molecule has 0 bridgehead atoms. The largest absolute Gasteiger partial charge is 0.494 e. The number of hydrogen-bond acceptors (Lipinski definition) is 3. The Balaban J connectivity index is 2.16. The van der Waals surface area contributed by atoms with Crippen molar-refractivity contribution < 1.29 is 5.11 Å². The molecule has 0 saturated carbocycles. The van der Waals surface area contributed by atoms with E-state index in [0.29, 0.717) is 17.2 Å². The van der Waals surface area contributed by atoms with Gasteiger partial charge in [0.05, 0.1) is 11.3 Å². The number of aliphatic imine (C=N–C) groups is 1. The normalized spacial score (nSPS) is 18.8. The van der Waals surface area contributed by atoms with Crippen LogP contribution < -0.4 is 15.9 Å². The lowest BCUT2D eigenvalue weighted by Crippen LogP contribution is -2.34. The molecular weight excluding hydrogens is 384 g/mol. The molecule has 0 amide bonds. The van der Waals surface area contributed by atoms with Crippen LogP contribution in [0.4, 0.5) is 0 Å². The number of amidine groups is 1. The van der Waals surface area contributed by atoms with E-state index < -0.39 is 0 Å². The Kier molecular flexibility index (Phi) is 6.84. The number of fused-ring (bicyclic) bond motifs is 1. The van der Waals surface area contributed by atoms with E-state index in [4.69, 9.17) is 5.41 Å². The highest BCUT2D eigenvalue weighted by Crippen LogP contribution is 2.34. The van der Waals surface area contributed by atoms with E-state index in [1.165, 1.54) is 16.7 Å². The Hall–Kier alpha value is -3.08. The lowest BCUT2D eigenvalue weighted by Gasteiger charge is -2.25. The van der Waals surface area contributed by atoms with E-state index in [0.717, 1.165) is 29.1 Å². The molecule has 3 rings (SSSR count). The third kappa shape index (κ3) is 4.66. The van der Waals surface area contributed by atoms with E-state index >= 15 is 0 Å². The molecule has 5 heteroatoms. The number of H-pyrrole nitrogens is 1. The number of nitrogens with one attached hydrogen (secondary N) is 3. The summed E-state index contributed by atoms with van der Waals surface area (Å²) in [6.45, 7) is 10.3. The van der Waals surface area contributed by atoms with Crippen molar-refractivity contribution in [3.63, 3.8) is 0 Å². The topological polar surface area (TPSA) is 84.3 Å². The predicted octanol–water partition coefficient (Wildman–Crippen LogP) is 3.89. The zero-order chi connectivity index (χ0) is 22.7. The smallest absolute Gasteiger partial charge is 0.198 e. The molecule has 0 saturated heterocycles. The van der Waals surface area contributed by atoms with E-state index in [9.17, 15) is 5.11 Å². The molecule has 0 spiro atoms. The third-order valence-corrected chi connectivity index (χ3v) is 6.22. The van der Waals surface area contributed by atoms with Gasteiger partial charge in [-0.1, -0.05) is 44.2 Å². The summed E-state index contributed by atoms with van der Waals surface area (Å²) in [5.74, 6) is 0.834. The number of rotatable bonds is 6. The van der Waals surface area contributed by atoms with Crippen LogP contribution in [-0.2, 0) is 6.42 Å². The Morgan fingerprint density at radius 2 is 2.00 bits per heavy atom. The van der Waals surface area contributed by atoms with Crippen molar-refractivity contribution in [2.45, 2.75) is 53.4 Å². The van der Waals surface area contributed by atoms with Crippen LogP contribution in [0.5, 0.6) is 5.88 Å². The molecule has 1 aromatic heterocycles. The molecule has 1 aliphatic carbocycles. The summed E-state index contributed by atoms with van der Waals surface area (Å²) in [6.07, 6.45) is 8.21. The quantitative estimate of drug-likeness (QED) is 0.424. The molecule has 164 valence electrons. The fraction of sp³-hybridized carbons (Fsp3) is 0.385. The number of allylic oxidation sites excluding steroid dienone is 1. The molecule has 0 fully saturated rings. The molecule has 4 N–H and O–H groups in total. The van der Waals surface area contributed by atoms with Crippen LogP contribution in [0.3, 0.4) is 0 Å². The van der Waals surface area contributed by atoms with Crippen molar-refractivity contribution in [2.24, 2.45) is 10.9 Å². The van der Waals surface area contributed by atoms with E-state index in [1.807, 2.05) is 20.9 Å². The fourth-order valence-electron chi connectivity index (χ4n) is 4.32. The lowest BCUT2D eigenvalue weighted by atomic mass is 9.78. The van der Waals surface area contributed by atoms with Gasteiger partial charge < -0.3 is 15.4 Å². The summed E-state index contributed by atoms with van der Waals surface area (Å²) < 4.78 is 0. The number of hydrogen-bond donors (Lipinski definition) is 4. The summed E-state index contributed by atoms with van der Waals surface area (Å²) in [5.41, 5.74) is 6.13. The number of nitrogens with zero attached hydrogens (tertiary/aromatic N) is 1. The van der Waals surface area contributed by atoms with E-state index in [2.05, 4.69) is 66.4 Å². The summed E-state index contributed by atoms with van der Waals surface area (Å²) in [5, 5.41) is 23.8. The van der Waals surface area contributed by atoms with Gasteiger partial charge in [-0.25, -0.2) is 4.99 Å². The number of aryl methyl sites for hydroxylation is 2. The Morgan fingerprint density at radius 1 is 1.26 bits per heavy atom. The minimum atomic E-state index is 0.107. The highest BCUT2D eigenvalue weighted by molar-refractivity contribution is 6.09. The molecular formula is C26H34N4O. The minimum absolute atomic E-state index is 0.107. The lowest BCUT2D eigenvalue weighted by molar-refractivity contribution is 0.455. The van der Waals surface area contributed by atoms with Crippen molar-refractivity contribution >= 4 is 23.7 Å². The van der Waals surface area contributed by atoms with Gasteiger partial charge in [0.25, 0.3) is 0 Å². The van der Waals surface area contributed by atoms with Crippen LogP contribution in [-0.4, -0.2) is 28.7 Å². The molecule has 1 aromatic carbocycles. The average Bonchev–Trinajstić information content (AvgIpc) is 3.07. The van der Waals surface area contributed by atoms with Crippen molar-refractivity contribution in [3.05, 3.63) is 62.8 Å². The molecule has 1 heterocycles. The van der Waals surface area contributed by atoms with Gasteiger partial charge >= 0.3 is 0 Å². The van der Waals surface area contributed by atoms with Crippen molar-refractivity contribution in [2.75, 3.05) is 7.05 Å². The summed E-state index contributed by atoms with van der Waals surface area (Å²) in [4.78, 5) is 7.56. The van der Waals surface area contributed by atoms with Crippen LogP contribution in [0.25, 0.3) is 12.2 Å². The first kappa shape index (κ1) is 22.6. The molecule has 0 aliphatic heterocycles. The van der Waals surface area contributed by atoms with Crippen molar-refractivity contribution in [3.8, 4) is 5.88 Å². The molecule has 2 aromatic rings. The highest BCUT2D eigenvalue weighted by atomic mass is 16.3. The third-order valence-electron chi connectivity index (χ3n) is 6.22. The van der Waals surface area contributed by atoms with Gasteiger partial charge in [-0.2, -0.15) is 0 Å². The Labute approximate surface area is 184 Å². The molecule has 0 radical (unpaired) electrons. The standard InChI is InChI=1S/C26H34N4O/c1-7-18-10-9-15(3)20(12-18)21-14-22-23(13-19(21)8-2)30-26(31)25(22)17(5)29-24(27)11-16(4)28-6/h9-14,19,21,27-28,30-31H,7-8H2,1-6H3/b16-11-,27-24?,29-17?. The number of aromatic amines is 1. The summed E-state index contributed by atoms with van der Waals surface area (Å²) in [6, 6.07) is 6.74. The highest BCUT2D eigenvalue weighted by Gasteiger charge is 2.25. The Bertz CT molecular complexity index is 1170. The van der Waals surface area contributed by atoms with Gasteiger partial charge in [-0.3, -0.25) is 5.41 Å². The first-order valence-electron chi connectivity index (χ1n) is 11.0. The average molecular weight is 419 g/mol. The number of aromatic nitrogens is 1. The SMILES string of the molecule is CCc1ccc(C)c(C2C=c3c(C(C)=NC(=N)/C=C(/C)NC)c(O)[nH]c3=CC2CC)c1. The monoisotopic (exact) mass is 418 g/mol. The van der Waals surface area contributed by atoms with Gasteiger partial charge in [-0.15, -0.1) is 0 Å². The molecule has 2 atom stereocenters. The van der Waals surface area contributed by atoms with Gasteiger partial charge in [0, 0.05) is 35.3 Å². The minimum Gasteiger partial charge on any atom is -0.494 e. The van der Waals surface area contributed by atoms with Crippen LogP contribution in [0, 0.1) is 18.3 Å². The predicted molar refractivity (Wildman–Crippen MR) is 130 cm³/mol. The fourth-order valence-corrected chi connectivity index (χ4v) is 4.32.